The first kappa shape index (κ1) is 13.3. The summed E-state index contributed by atoms with van der Waals surface area (Å²) in [5, 5.41) is 0. The van der Waals surface area contributed by atoms with E-state index in [1.54, 1.807) is 11.7 Å². The topological polar surface area (TPSA) is 44.1 Å². The minimum Gasteiger partial charge on any atom is -0.496 e. The van der Waals surface area contributed by atoms with Crippen molar-refractivity contribution in [3.05, 3.63) is 34.8 Å². The number of methoxy groups -OCH3 is 1. The number of aryl methyl sites for hydroxylation is 3. The molecule has 4 nitrogen and oxygen atoms in total. The van der Waals surface area contributed by atoms with Crippen molar-refractivity contribution < 1.29 is 9.53 Å². The minimum absolute atomic E-state index is 0.599. The maximum atomic E-state index is 11.2. The molecule has 1 aromatic heterocycles. The predicted molar refractivity (Wildman–Crippen MR) is 74.8 cm³/mol. The van der Waals surface area contributed by atoms with E-state index in [4.69, 9.17) is 4.74 Å². The zero-order valence-corrected chi connectivity index (χ0v) is 11.9. The Labute approximate surface area is 113 Å². The van der Waals surface area contributed by atoms with Crippen LogP contribution in [0.25, 0.3) is 11.3 Å². The van der Waals surface area contributed by atoms with Crippen LogP contribution in [0.1, 0.15) is 27.4 Å². The van der Waals surface area contributed by atoms with Crippen molar-refractivity contribution in [1.29, 1.82) is 0 Å². The fourth-order valence-electron chi connectivity index (χ4n) is 2.38. The number of imidazole rings is 1. The standard InChI is InChI=1S/C15H18N2O2/c1-9-6-12(7-10(2)15(9)19-5)14-13(8-18)17(4)11(3)16-14/h6-8H,1-5H3. The van der Waals surface area contributed by atoms with Crippen LogP contribution in [0.15, 0.2) is 12.1 Å². The highest BCUT2D eigenvalue weighted by Crippen LogP contribution is 2.30. The minimum atomic E-state index is 0.599. The quantitative estimate of drug-likeness (QED) is 0.795. The Morgan fingerprint density at radius 3 is 2.26 bits per heavy atom. The van der Waals surface area contributed by atoms with Gasteiger partial charge in [-0.15, -0.1) is 0 Å². The van der Waals surface area contributed by atoms with Crippen molar-refractivity contribution >= 4 is 6.29 Å². The third-order valence-electron chi connectivity index (χ3n) is 3.41. The fourth-order valence-corrected chi connectivity index (χ4v) is 2.38. The van der Waals surface area contributed by atoms with Crippen LogP contribution in [-0.2, 0) is 7.05 Å². The molecule has 0 aliphatic heterocycles. The highest BCUT2D eigenvalue weighted by molar-refractivity contribution is 5.84. The molecule has 0 amide bonds. The lowest BCUT2D eigenvalue weighted by Crippen LogP contribution is -1.98. The van der Waals surface area contributed by atoms with Crippen LogP contribution in [-0.4, -0.2) is 22.9 Å². The number of carbonyl (C=O) groups excluding carboxylic acids is 1. The first-order valence-electron chi connectivity index (χ1n) is 6.13. The Hall–Kier alpha value is -2.10. The number of aromatic nitrogens is 2. The van der Waals surface area contributed by atoms with Crippen LogP contribution in [0, 0.1) is 20.8 Å². The molecule has 0 N–H and O–H groups in total. The number of hydrogen-bond acceptors (Lipinski definition) is 3. The molecular formula is C15H18N2O2. The van der Waals surface area contributed by atoms with E-state index in [0.717, 1.165) is 40.2 Å². The van der Waals surface area contributed by atoms with Gasteiger partial charge in [-0.05, 0) is 44.0 Å². The maximum absolute atomic E-state index is 11.2. The molecule has 4 heteroatoms. The number of carbonyl (C=O) groups is 1. The summed E-state index contributed by atoms with van der Waals surface area (Å²) in [5.41, 5.74) is 4.35. The van der Waals surface area contributed by atoms with Crippen LogP contribution in [0.5, 0.6) is 5.75 Å². The van der Waals surface area contributed by atoms with Crippen molar-refractivity contribution in [1.82, 2.24) is 9.55 Å². The Morgan fingerprint density at radius 1 is 1.21 bits per heavy atom. The molecule has 19 heavy (non-hydrogen) atoms. The molecule has 1 heterocycles. The van der Waals surface area contributed by atoms with Gasteiger partial charge in [-0.25, -0.2) is 4.98 Å². The molecule has 0 atom stereocenters. The van der Waals surface area contributed by atoms with Gasteiger partial charge in [-0.1, -0.05) is 0 Å². The molecule has 0 spiro atoms. The van der Waals surface area contributed by atoms with Crippen LogP contribution in [0.2, 0.25) is 0 Å². The van der Waals surface area contributed by atoms with Crippen molar-refractivity contribution in [3.63, 3.8) is 0 Å². The summed E-state index contributed by atoms with van der Waals surface area (Å²) in [5.74, 6) is 1.70. The lowest BCUT2D eigenvalue weighted by atomic mass is 10.0. The maximum Gasteiger partial charge on any atom is 0.168 e. The number of benzene rings is 1. The normalized spacial score (nSPS) is 10.6. The van der Waals surface area contributed by atoms with E-state index in [0.29, 0.717) is 5.69 Å². The van der Waals surface area contributed by atoms with Gasteiger partial charge < -0.3 is 9.30 Å². The Kier molecular flexibility index (Phi) is 3.42. The largest absolute Gasteiger partial charge is 0.496 e. The van der Waals surface area contributed by atoms with Crippen molar-refractivity contribution in [2.75, 3.05) is 7.11 Å². The van der Waals surface area contributed by atoms with E-state index in [2.05, 4.69) is 4.98 Å². The van der Waals surface area contributed by atoms with Gasteiger partial charge >= 0.3 is 0 Å². The van der Waals surface area contributed by atoms with E-state index >= 15 is 0 Å². The summed E-state index contributed by atoms with van der Waals surface area (Å²) in [4.78, 5) is 15.7. The van der Waals surface area contributed by atoms with Gasteiger partial charge in [0.05, 0.1) is 12.8 Å². The summed E-state index contributed by atoms with van der Waals surface area (Å²) in [6, 6.07) is 4.00. The summed E-state index contributed by atoms with van der Waals surface area (Å²) >= 11 is 0. The second-order valence-electron chi connectivity index (χ2n) is 4.71. The Bertz CT molecular complexity index is 619. The molecular weight excluding hydrogens is 240 g/mol. The zero-order chi connectivity index (χ0) is 14.2. The molecule has 0 radical (unpaired) electrons. The SMILES string of the molecule is COc1c(C)cc(-c2nc(C)n(C)c2C=O)cc1C. The second kappa shape index (κ2) is 4.88. The number of nitrogens with zero attached hydrogens (tertiary/aromatic N) is 2. The van der Waals surface area contributed by atoms with E-state index in [9.17, 15) is 4.79 Å². The van der Waals surface area contributed by atoms with Crippen molar-refractivity contribution in [2.45, 2.75) is 20.8 Å². The monoisotopic (exact) mass is 258 g/mol. The molecule has 0 unspecified atom stereocenters. The summed E-state index contributed by atoms with van der Waals surface area (Å²) < 4.78 is 7.16. The van der Waals surface area contributed by atoms with E-state index in [1.807, 2.05) is 40.0 Å². The summed E-state index contributed by atoms with van der Waals surface area (Å²) in [6.07, 6.45) is 0.851. The zero-order valence-electron chi connectivity index (χ0n) is 11.9. The van der Waals surface area contributed by atoms with Crippen LogP contribution < -0.4 is 4.74 Å². The third kappa shape index (κ3) is 2.14. The van der Waals surface area contributed by atoms with Crippen molar-refractivity contribution in [2.24, 2.45) is 7.05 Å². The summed E-state index contributed by atoms with van der Waals surface area (Å²) in [6.45, 7) is 5.87. The van der Waals surface area contributed by atoms with Gasteiger partial charge in [-0.2, -0.15) is 0 Å². The average molecular weight is 258 g/mol. The number of hydrogen-bond donors (Lipinski definition) is 0. The van der Waals surface area contributed by atoms with Gasteiger partial charge in [0, 0.05) is 12.6 Å². The molecule has 0 fully saturated rings. The molecule has 0 saturated carbocycles. The number of ether oxygens (including phenoxy) is 1. The molecule has 0 aliphatic carbocycles. The highest BCUT2D eigenvalue weighted by atomic mass is 16.5. The van der Waals surface area contributed by atoms with Crippen LogP contribution in [0.4, 0.5) is 0 Å². The second-order valence-corrected chi connectivity index (χ2v) is 4.71. The van der Waals surface area contributed by atoms with Crippen LogP contribution in [0.3, 0.4) is 0 Å². The Balaban J connectivity index is 2.66. The van der Waals surface area contributed by atoms with E-state index in [1.165, 1.54) is 0 Å². The molecule has 100 valence electrons. The van der Waals surface area contributed by atoms with Gasteiger partial charge in [0.25, 0.3) is 0 Å². The third-order valence-corrected chi connectivity index (χ3v) is 3.41. The molecule has 1 aromatic carbocycles. The van der Waals surface area contributed by atoms with Gasteiger partial charge in [0.2, 0.25) is 0 Å². The average Bonchev–Trinajstić information content (AvgIpc) is 2.65. The first-order chi connectivity index (χ1) is 8.99. The van der Waals surface area contributed by atoms with Crippen LogP contribution >= 0.6 is 0 Å². The molecule has 2 aromatic rings. The highest BCUT2D eigenvalue weighted by Gasteiger charge is 2.15. The molecule has 0 aliphatic rings. The lowest BCUT2D eigenvalue weighted by molar-refractivity contribution is 0.111. The molecule has 0 bridgehead atoms. The lowest BCUT2D eigenvalue weighted by Gasteiger charge is -2.10. The van der Waals surface area contributed by atoms with Gasteiger partial charge in [0.15, 0.2) is 6.29 Å². The molecule has 0 saturated heterocycles. The van der Waals surface area contributed by atoms with E-state index < -0.39 is 0 Å². The number of aldehydes is 1. The van der Waals surface area contributed by atoms with Gasteiger partial charge in [-0.3, -0.25) is 4.79 Å². The van der Waals surface area contributed by atoms with Crippen molar-refractivity contribution in [3.8, 4) is 17.0 Å². The number of rotatable bonds is 3. The predicted octanol–water partition coefficient (Wildman–Crippen LogP) is 2.83. The first-order valence-corrected chi connectivity index (χ1v) is 6.13. The smallest absolute Gasteiger partial charge is 0.168 e. The molecule has 2 rings (SSSR count). The van der Waals surface area contributed by atoms with E-state index in [-0.39, 0.29) is 0 Å². The summed E-state index contributed by atoms with van der Waals surface area (Å²) in [7, 11) is 3.51. The fraction of sp³-hybridized carbons (Fsp3) is 0.333. The van der Waals surface area contributed by atoms with Gasteiger partial charge in [0.1, 0.15) is 17.3 Å². The Morgan fingerprint density at radius 2 is 1.79 bits per heavy atom.